The van der Waals surface area contributed by atoms with E-state index in [1.54, 1.807) is 0 Å². The highest BCUT2D eigenvalue weighted by Crippen LogP contribution is 2.35. The van der Waals surface area contributed by atoms with E-state index < -0.39 is 0 Å². The molecule has 0 aromatic heterocycles. The summed E-state index contributed by atoms with van der Waals surface area (Å²) in [6.07, 6.45) is 10.2. The third kappa shape index (κ3) is 2.84. The van der Waals surface area contributed by atoms with Crippen molar-refractivity contribution in [1.82, 2.24) is 10.2 Å². The molecule has 2 atom stereocenters. The zero-order chi connectivity index (χ0) is 13.9. The molecule has 2 amide bonds. The summed E-state index contributed by atoms with van der Waals surface area (Å²) >= 11 is 0. The van der Waals surface area contributed by atoms with Crippen LogP contribution in [0.15, 0.2) is 0 Å². The topological polar surface area (TPSA) is 49.4 Å². The zero-order valence-electron chi connectivity index (χ0n) is 12.3. The minimum absolute atomic E-state index is 0.0249. The molecule has 1 aliphatic carbocycles. The SMILES string of the molecule is O=C1CCC(C(=O)N2CCCC2C2CCCCC2)CN1. The number of hydrogen-bond donors (Lipinski definition) is 1. The summed E-state index contributed by atoms with van der Waals surface area (Å²) in [7, 11) is 0. The predicted octanol–water partition coefficient (Wildman–Crippen LogP) is 2.08. The fourth-order valence-corrected chi connectivity index (χ4v) is 4.25. The molecule has 2 aliphatic heterocycles. The Balaban J connectivity index is 1.62. The Kier molecular flexibility index (Phi) is 4.27. The van der Waals surface area contributed by atoms with Gasteiger partial charge in [-0.15, -0.1) is 0 Å². The first-order valence-corrected chi connectivity index (χ1v) is 8.33. The molecule has 0 aromatic rings. The molecule has 4 heteroatoms. The standard InChI is InChI=1S/C16H26N2O2/c19-15-9-8-13(11-17-15)16(20)18-10-4-7-14(18)12-5-2-1-3-6-12/h12-14H,1-11H2,(H,17,19). The van der Waals surface area contributed by atoms with Crippen LogP contribution in [0, 0.1) is 11.8 Å². The molecule has 0 aromatic carbocycles. The first-order valence-electron chi connectivity index (χ1n) is 8.33. The third-order valence-electron chi connectivity index (χ3n) is 5.39. The van der Waals surface area contributed by atoms with Crippen LogP contribution in [0.5, 0.6) is 0 Å². The van der Waals surface area contributed by atoms with Crippen LogP contribution in [0.3, 0.4) is 0 Å². The molecule has 0 spiro atoms. The average Bonchev–Trinajstić information content (AvgIpc) is 2.97. The van der Waals surface area contributed by atoms with E-state index in [4.69, 9.17) is 0 Å². The van der Waals surface area contributed by atoms with Crippen molar-refractivity contribution in [1.29, 1.82) is 0 Å². The highest BCUT2D eigenvalue weighted by atomic mass is 16.2. The molecule has 0 radical (unpaired) electrons. The van der Waals surface area contributed by atoms with Crippen molar-refractivity contribution in [2.75, 3.05) is 13.1 Å². The fourth-order valence-electron chi connectivity index (χ4n) is 4.25. The second-order valence-electron chi connectivity index (χ2n) is 6.68. The summed E-state index contributed by atoms with van der Waals surface area (Å²) in [4.78, 5) is 26.1. The number of likely N-dealkylation sites (tertiary alicyclic amines) is 1. The van der Waals surface area contributed by atoms with Gasteiger partial charge in [-0.25, -0.2) is 0 Å². The van der Waals surface area contributed by atoms with Gasteiger partial charge in [-0.3, -0.25) is 9.59 Å². The average molecular weight is 278 g/mol. The Morgan fingerprint density at radius 2 is 1.85 bits per heavy atom. The number of carbonyl (C=O) groups is 2. The van der Waals surface area contributed by atoms with Crippen LogP contribution in [0.25, 0.3) is 0 Å². The Bertz CT molecular complexity index is 367. The van der Waals surface area contributed by atoms with Gasteiger partial charge in [-0.2, -0.15) is 0 Å². The maximum absolute atomic E-state index is 12.7. The van der Waals surface area contributed by atoms with Gasteiger partial charge in [0.15, 0.2) is 0 Å². The maximum Gasteiger partial charge on any atom is 0.227 e. The molecule has 3 aliphatic rings. The van der Waals surface area contributed by atoms with Crippen molar-refractivity contribution in [3.63, 3.8) is 0 Å². The number of rotatable bonds is 2. The van der Waals surface area contributed by atoms with E-state index in [0.29, 0.717) is 24.9 Å². The summed E-state index contributed by atoms with van der Waals surface area (Å²) in [6.45, 7) is 1.48. The molecule has 1 saturated carbocycles. The molecular formula is C16H26N2O2. The second-order valence-corrected chi connectivity index (χ2v) is 6.68. The quantitative estimate of drug-likeness (QED) is 0.841. The lowest BCUT2D eigenvalue weighted by Gasteiger charge is -2.36. The largest absolute Gasteiger partial charge is 0.355 e. The number of carbonyl (C=O) groups excluding carboxylic acids is 2. The summed E-state index contributed by atoms with van der Waals surface area (Å²) in [5.74, 6) is 1.16. The number of amides is 2. The van der Waals surface area contributed by atoms with Gasteiger partial charge in [0.2, 0.25) is 11.8 Å². The molecule has 20 heavy (non-hydrogen) atoms. The monoisotopic (exact) mass is 278 g/mol. The Morgan fingerprint density at radius 1 is 1.05 bits per heavy atom. The number of nitrogens with zero attached hydrogens (tertiary/aromatic N) is 1. The normalized spacial score (nSPS) is 32.2. The van der Waals surface area contributed by atoms with Gasteiger partial charge in [-0.05, 0) is 38.0 Å². The lowest BCUT2D eigenvalue weighted by atomic mass is 9.82. The molecule has 4 nitrogen and oxygen atoms in total. The van der Waals surface area contributed by atoms with Crippen LogP contribution >= 0.6 is 0 Å². The first kappa shape index (κ1) is 13.9. The Hall–Kier alpha value is -1.06. The van der Waals surface area contributed by atoms with Gasteiger partial charge in [0.1, 0.15) is 0 Å². The lowest BCUT2D eigenvalue weighted by Crippen LogP contribution is -2.48. The number of hydrogen-bond acceptors (Lipinski definition) is 2. The first-order chi connectivity index (χ1) is 9.75. The van der Waals surface area contributed by atoms with Gasteiger partial charge in [0, 0.05) is 25.6 Å². The summed E-state index contributed by atoms with van der Waals surface area (Å²) in [5.41, 5.74) is 0. The van der Waals surface area contributed by atoms with Crippen LogP contribution in [-0.4, -0.2) is 35.8 Å². The van der Waals surface area contributed by atoms with E-state index in [0.717, 1.165) is 25.3 Å². The van der Waals surface area contributed by atoms with Crippen molar-refractivity contribution < 1.29 is 9.59 Å². The van der Waals surface area contributed by atoms with Gasteiger partial charge < -0.3 is 10.2 Å². The van der Waals surface area contributed by atoms with Crippen molar-refractivity contribution in [3.05, 3.63) is 0 Å². The summed E-state index contributed by atoms with van der Waals surface area (Å²) in [5, 5.41) is 2.84. The van der Waals surface area contributed by atoms with Gasteiger partial charge in [0.25, 0.3) is 0 Å². The zero-order valence-corrected chi connectivity index (χ0v) is 12.3. The summed E-state index contributed by atoms with van der Waals surface area (Å²) < 4.78 is 0. The Morgan fingerprint density at radius 3 is 2.55 bits per heavy atom. The highest BCUT2D eigenvalue weighted by Gasteiger charge is 2.38. The van der Waals surface area contributed by atoms with E-state index in [9.17, 15) is 9.59 Å². The van der Waals surface area contributed by atoms with Crippen molar-refractivity contribution in [2.24, 2.45) is 11.8 Å². The van der Waals surface area contributed by atoms with Crippen molar-refractivity contribution >= 4 is 11.8 Å². The van der Waals surface area contributed by atoms with Crippen molar-refractivity contribution in [2.45, 2.75) is 63.8 Å². The van der Waals surface area contributed by atoms with Crippen LogP contribution in [0.1, 0.15) is 57.8 Å². The lowest BCUT2D eigenvalue weighted by molar-refractivity contribution is -0.139. The van der Waals surface area contributed by atoms with Gasteiger partial charge >= 0.3 is 0 Å². The molecule has 2 heterocycles. The number of piperidine rings is 1. The molecule has 112 valence electrons. The van der Waals surface area contributed by atoms with Crippen LogP contribution in [-0.2, 0) is 9.59 Å². The Labute approximate surface area is 121 Å². The summed E-state index contributed by atoms with van der Waals surface area (Å²) in [6, 6.07) is 0.487. The number of nitrogens with one attached hydrogen (secondary N) is 1. The minimum atomic E-state index is 0.0249. The predicted molar refractivity (Wildman–Crippen MR) is 77.0 cm³/mol. The van der Waals surface area contributed by atoms with Gasteiger partial charge in [0.05, 0.1) is 5.92 Å². The molecule has 2 unspecified atom stereocenters. The van der Waals surface area contributed by atoms with Crippen LogP contribution < -0.4 is 5.32 Å². The highest BCUT2D eigenvalue weighted by molar-refractivity contribution is 5.84. The van der Waals surface area contributed by atoms with E-state index in [-0.39, 0.29) is 11.8 Å². The van der Waals surface area contributed by atoms with Gasteiger partial charge in [-0.1, -0.05) is 19.3 Å². The smallest absolute Gasteiger partial charge is 0.227 e. The van der Waals surface area contributed by atoms with E-state index >= 15 is 0 Å². The molecular weight excluding hydrogens is 252 g/mol. The third-order valence-corrected chi connectivity index (χ3v) is 5.39. The molecule has 3 rings (SSSR count). The van der Waals surface area contributed by atoms with E-state index in [1.165, 1.54) is 38.5 Å². The maximum atomic E-state index is 12.7. The van der Waals surface area contributed by atoms with E-state index in [1.807, 2.05) is 0 Å². The molecule has 2 saturated heterocycles. The molecule has 0 bridgehead atoms. The van der Waals surface area contributed by atoms with Crippen LogP contribution in [0.2, 0.25) is 0 Å². The molecule has 1 N–H and O–H groups in total. The fraction of sp³-hybridized carbons (Fsp3) is 0.875. The van der Waals surface area contributed by atoms with Crippen molar-refractivity contribution in [3.8, 4) is 0 Å². The van der Waals surface area contributed by atoms with E-state index in [2.05, 4.69) is 10.2 Å². The van der Waals surface area contributed by atoms with Crippen LogP contribution in [0.4, 0.5) is 0 Å². The molecule has 3 fully saturated rings. The second kappa shape index (κ2) is 6.15. The minimum Gasteiger partial charge on any atom is -0.355 e.